The fraction of sp³-hybridized carbons (Fsp3) is 0.833. The third kappa shape index (κ3) is 2.82. The number of ether oxygens (including phenoxy) is 1. The molecule has 0 amide bonds. The minimum atomic E-state index is 0.415. The smallest absolute Gasteiger partial charge is 0.0763 e. The molecule has 0 radical (unpaired) electrons. The molecule has 0 saturated carbocycles. The lowest BCUT2D eigenvalue weighted by molar-refractivity contribution is 0.0827. The highest BCUT2D eigenvalue weighted by molar-refractivity contribution is 5.08. The lowest BCUT2D eigenvalue weighted by atomic mass is 10.0. The number of hydrogen-bond acceptors (Lipinski definition) is 2. The molecule has 0 spiro atoms. The van der Waals surface area contributed by atoms with Gasteiger partial charge in [0.15, 0.2) is 0 Å². The second kappa shape index (κ2) is 4.94. The Labute approximate surface area is 86.7 Å². The van der Waals surface area contributed by atoms with Crippen LogP contribution < -0.4 is 5.32 Å². The minimum absolute atomic E-state index is 0.415. The number of nitrogens with one attached hydrogen (secondary N) is 1. The van der Waals surface area contributed by atoms with E-state index >= 15 is 0 Å². The number of rotatable bonds is 1. The average Bonchev–Trinajstić information content (AvgIpc) is 2.43. The standard InChI is InChI=1S/C12H21NO/c1-10-4-5-12(14-10)9-11-3-2-7-13-8-6-11/h9-10,12-13H,2-8H2,1H3/b11-9-. The highest BCUT2D eigenvalue weighted by Crippen LogP contribution is 2.23. The van der Waals surface area contributed by atoms with Gasteiger partial charge in [0.2, 0.25) is 0 Å². The van der Waals surface area contributed by atoms with Crippen molar-refractivity contribution in [2.45, 2.75) is 51.2 Å². The maximum Gasteiger partial charge on any atom is 0.0763 e. The molecule has 2 unspecified atom stereocenters. The molecule has 2 aliphatic heterocycles. The molecule has 0 aromatic heterocycles. The molecule has 2 atom stereocenters. The number of hydrogen-bond donors (Lipinski definition) is 1. The predicted octanol–water partition coefficient (Wildman–Crippen LogP) is 2.25. The molecule has 1 N–H and O–H groups in total. The minimum Gasteiger partial charge on any atom is -0.371 e. The lowest BCUT2D eigenvalue weighted by Crippen LogP contribution is -2.13. The zero-order valence-corrected chi connectivity index (χ0v) is 9.09. The van der Waals surface area contributed by atoms with Gasteiger partial charge in [-0.25, -0.2) is 0 Å². The fourth-order valence-corrected chi connectivity index (χ4v) is 2.33. The molecule has 2 rings (SSSR count). The topological polar surface area (TPSA) is 21.3 Å². The van der Waals surface area contributed by atoms with E-state index in [9.17, 15) is 0 Å². The summed E-state index contributed by atoms with van der Waals surface area (Å²) in [6.07, 6.45) is 9.49. The van der Waals surface area contributed by atoms with E-state index in [-0.39, 0.29) is 0 Å². The van der Waals surface area contributed by atoms with Gasteiger partial charge in [0.25, 0.3) is 0 Å². The van der Waals surface area contributed by atoms with Gasteiger partial charge in [-0.1, -0.05) is 11.6 Å². The summed E-state index contributed by atoms with van der Waals surface area (Å²) in [7, 11) is 0. The van der Waals surface area contributed by atoms with E-state index in [1.54, 1.807) is 5.57 Å². The Bertz CT molecular complexity index is 202. The summed E-state index contributed by atoms with van der Waals surface area (Å²) >= 11 is 0. The van der Waals surface area contributed by atoms with Gasteiger partial charge < -0.3 is 10.1 Å². The highest BCUT2D eigenvalue weighted by Gasteiger charge is 2.20. The van der Waals surface area contributed by atoms with Crippen molar-refractivity contribution in [3.63, 3.8) is 0 Å². The van der Waals surface area contributed by atoms with E-state index in [1.807, 2.05) is 0 Å². The maximum absolute atomic E-state index is 5.81. The maximum atomic E-state index is 5.81. The molecule has 2 heteroatoms. The van der Waals surface area contributed by atoms with E-state index in [0.29, 0.717) is 12.2 Å². The van der Waals surface area contributed by atoms with Gasteiger partial charge in [0, 0.05) is 0 Å². The SMILES string of the molecule is CC1CCC(/C=C2/CCCNCC2)O1. The van der Waals surface area contributed by atoms with Gasteiger partial charge >= 0.3 is 0 Å². The summed E-state index contributed by atoms with van der Waals surface area (Å²) in [6, 6.07) is 0. The van der Waals surface area contributed by atoms with E-state index in [4.69, 9.17) is 4.74 Å². The Morgan fingerprint density at radius 3 is 3.00 bits per heavy atom. The van der Waals surface area contributed by atoms with E-state index < -0.39 is 0 Å². The summed E-state index contributed by atoms with van der Waals surface area (Å²) in [5.74, 6) is 0. The highest BCUT2D eigenvalue weighted by atomic mass is 16.5. The predicted molar refractivity (Wildman–Crippen MR) is 58.4 cm³/mol. The van der Waals surface area contributed by atoms with Crippen molar-refractivity contribution >= 4 is 0 Å². The van der Waals surface area contributed by atoms with Crippen LogP contribution in [0.5, 0.6) is 0 Å². The summed E-state index contributed by atoms with van der Waals surface area (Å²) in [5, 5.41) is 3.43. The average molecular weight is 195 g/mol. The van der Waals surface area contributed by atoms with Crippen LogP contribution in [0.2, 0.25) is 0 Å². The summed E-state index contributed by atoms with van der Waals surface area (Å²) in [5.41, 5.74) is 1.61. The quantitative estimate of drug-likeness (QED) is 0.648. The van der Waals surface area contributed by atoms with Gasteiger partial charge in [0.1, 0.15) is 0 Å². The van der Waals surface area contributed by atoms with Crippen molar-refractivity contribution in [2.24, 2.45) is 0 Å². The Balaban J connectivity index is 1.88. The van der Waals surface area contributed by atoms with Gasteiger partial charge in [-0.15, -0.1) is 0 Å². The molecule has 14 heavy (non-hydrogen) atoms. The zero-order chi connectivity index (χ0) is 9.80. The van der Waals surface area contributed by atoms with Crippen molar-refractivity contribution in [1.82, 2.24) is 5.32 Å². The summed E-state index contributed by atoms with van der Waals surface area (Å²) in [6.45, 7) is 4.50. The molecule has 2 aliphatic rings. The first kappa shape index (κ1) is 10.2. The van der Waals surface area contributed by atoms with Gasteiger partial charge in [-0.2, -0.15) is 0 Å². The van der Waals surface area contributed by atoms with Crippen molar-refractivity contribution in [3.05, 3.63) is 11.6 Å². The molecule has 2 nitrogen and oxygen atoms in total. The van der Waals surface area contributed by atoms with Crippen molar-refractivity contribution in [1.29, 1.82) is 0 Å². The van der Waals surface area contributed by atoms with Crippen LogP contribution in [-0.4, -0.2) is 25.3 Å². The molecule has 2 saturated heterocycles. The molecular formula is C12H21NO. The first-order valence-electron chi connectivity index (χ1n) is 5.90. The monoisotopic (exact) mass is 195 g/mol. The molecule has 2 fully saturated rings. The van der Waals surface area contributed by atoms with Crippen LogP contribution >= 0.6 is 0 Å². The van der Waals surface area contributed by atoms with Crippen molar-refractivity contribution in [3.8, 4) is 0 Å². The molecule has 0 aromatic carbocycles. The van der Waals surface area contributed by atoms with Crippen molar-refractivity contribution in [2.75, 3.05) is 13.1 Å². The second-order valence-electron chi connectivity index (χ2n) is 4.49. The molecule has 0 aliphatic carbocycles. The van der Waals surface area contributed by atoms with Crippen LogP contribution in [0, 0.1) is 0 Å². The second-order valence-corrected chi connectivity index (χ2v) is 4.49. The van der Waals surface area contributed by atoms with Crippen LogP contribution in [0.25, 0.3) is 0 Å². The van der Waals surface area contributed by atoms with Crippen LogP contribution in [0.4, 0.5) is 0 Å². The van der Waals surface area contributed by atoms with Crippen LogP contribution in [0.15, 0.2) is 11.6 Å². The molecule has 80 valence electrons. The summed E-state index contributed by atoms with van der Waals surface area (Å²) < 4.78 is 5.81. The van der Waals surface area contributed by atoms with Gasteiger partial charge in [-0.05, 0) is 52.1 Å². The third-order valence-electron chi connectivity index (χ3n) is 3.16. The Morgan fingerprint density at radius 2 is 2.21 bits per heavy atom. The largest absolute Gasteiger partial charge is 0.371 e. The normalized spacial score (nSPS) is 37.4. The van der Waals surface area contributed by atoms with Gasteiger partial charge in [0.05, 0.1) is 12.2 Å². The van der Waals surface area contributed by atoms with Crippen LogP contribution in [0.3, 0.4) is 0 Å². The Morgan fingerprint density at radius 1 is 1.29 bits per heavy atom. The van der Waals surface area contributed by atoms with E-state index in [1.165, 1.54) is 38.6 Å². The molecular weight excluding hydrogens is 174 g/mol. The summed E-state index contributed by atoms with van der Waals surface area (Å²) in [4.78, 5) is 0. The Hall–Kier alpha value is -0.340. The van der Waals surface area contributed by atoms with E-state index in [2.05, 4.69) is 18.3 Å². The van der Waals surface area contributed by atoms with Crippen LogP contribution in [0.1, 0.15) is 39.0 Å². The Kier molecular flexibility index (Phi) is 3.60. The van der Waals surface area contributed by atoms with Crippen LogP contribution in [-0.2, 0) is 4.74 Å². The van der Waals surface area contributed by atoms with E-state index in [0.717, 1.165) is 6.54 Å². The fourth-order valence-electron chi connectivity index (χ4n) is 2.33. The van der Waals surface area contributed by atoms with Gasteiger partial charge in [-0.3, -0.25) is 0 Å². The first-order valence-corrected chi connectivity index (χ1v) is 5.90. The van der Waals surface area contributed by atoms with Crippen molar-refractivity contribution < 1.29 is 4.74 Å². The zero-order valence-electron chi connectivity index (χ0n) is 9.09. The first-order chi connectivity index (χ1) is 6.84. The third-order valence-corrected chi connectivity index (χ3v) is 3.16. The molecule has 0 aromatic rings. The molecule has 0 bridgehead atoms. The molecule has 2 heterocycles. The lowest BCUT2D eigenvalue weighted by Gasteiger charge is -2.09.